The standard InChI is InChI=1S/C27H36FN3O4/c1-2-30(25(34)35)20-4-5-22(21(28)12-20)29-8-3-6-26(16-29)7-9-31(24(26)33)27-13-17-10-18(14-27)23(32)19(11-17)15-27/h4-5,12,17-19,23,32H,2-3,6-11,13-16H2,1H3,(H,34,35). The molecule has 4 saturated carbocycles. The number of nitrogens with zero attached hydrogens (tertiary/aromatic N) is 3. The van der Waals surface area contributed by atoms with E-state index < -0.39 is 17.3 Å². The second-order valence-corrected chi connectivity index (χ2v) is 11.9. The fourth-order valence-corrected chi connectivity index (χ4v) is 8.62. The molecule has 4 aliphatic carbocycles. The Morgan fingerprint density at radius 1 is 1.17 bits per heavy atom. The molecule has 2 aliphatic heterocycles. The number of amides is 2. The van der Waals surface area contributed by atoms with E-state index in [1.54, 1.807) is 19.1 Å². The zero-order valence-electron chi connectivity index (χ0n) is 20.5. The fourth-order valence-electron chi connectivity index (χ4n) is 8.62. The lowest BCUT2D eigenvalue weighted by atomic mass is 9.51. The molecule has 4 bridgehead atoms. The minimum atomic E-state index is -1.11. The number of hydrogen-bond acceptors (Lipinski definition) is 4. The van der Waals surface area contributed by atoms with Crippen molar-refractivity contribution in [3.63, 3.8) is 0 Å². The third-order valence-corrected chi connectivity index (χ3v) is 9.98. The van der Waals surface area contributed by atoms with Gasteiger partial charge in [0.25, 0.3) is 0 Å². The van der Waals surface area contributed by atoms with Gasteiger partial charge in [-0.2, -0.15) is 0 Å². The number of aliphatic hydroxyl groups excluding tert-OH is 1. The summed E-state index contributed by atoms with van der Waals surface area (Å²) in [5.74, 6) is 1.07. The lowest BCUT2D eigenvalue weighted by molar-refractivity contribution is -0.167. The van der Waals surface area contributed by atoms with Crippen molar-refractivity contribution in [2.45, 2.75) is 69.9 Å². The summed E-state index contributed by atoms with van der Waals surface area (Å²) in [5.41, 5.74) is 0.187. The first-order valence-corrected chi connectivity index (χ1v) is 13.3. The number of carboxylic acid groups (broad SMARTS) is 1. The van der Waals surface area contributed by atoms with Gasteiger partial charge >= 0.3 is 6.09 Å². The Labute approximate surface area is 205 Å². The van der Waals surface area contributed by atoms with Crippen LogP contribution in [0.4, 0.5) is 20.6 Å². The topological polar surface area (TPSA) is 84.3 Å². The van der Waals surface area contributed by atoms with E-state index in [9.17, 15) is 19.8 Å². The molecule has 3 unspecified atom stereocenters. The number of hydrogen-bond donors (Lipinski definition) is 2. The molecule has 2 heterocycles. The van der Waals surface area contributed by atoms with Gasteiger partial charge in [0, 0.05) is 31.7 Å². The number of halogens is 1. The van der Waals surface area contributed by atoms with Gasteiger partial charge in [-0.25, -0.2) is 9.18 Å². The summed E-state index contributed by atoms with van der Waals surface area (Å²) in [7, 11) is 0. The third kappa shape index (κ3) is 3.46. The summed E-state index contributed by atoms with van der Waals surface area (Å²) >= 11 is 0. The Hall–Kier alpha value is -2.35. The molecule has 7 nitrogen and oxygen atoms in total. The Balaban J connectivity index is 1.23. The van der Waals surface area contributed by atoms with E-state index in [1.165, 1.54) is 6.07 Å². The minimum absolute atomic E-state index is 0.0913. The summed E-state index contributed by atoms with van der Waals surface area (Å²) in [6.07, 6.45) is 6.30. The minimum Gasteiger partial charge on any atom is -0.465 e. The quantitative estimate of drug-likeness (QED) is 0.671. The molecule has 7 rings (SSSR count). The summed E-state index contributed by atoms with van der Waals surface area (Å²) in [6.45, 7) is 3.92. The lowest BCUT2D eigenvalue weighted by Gasteiger charge is -2.61. The van der Waals surface area contributed by atoms with Crippen LogP contribution in [0.1, 0.15) is 58.3 Å². The van der Waals surface area contributed by atoms with E-state index in [-0.39, 0.29) is 24.1 Å². The maximum Gasteiger partial charge on any atom is 0.411 e. The van der Waals surface area contributed by atoms with Crippen molar-refractivity contribution in [3.8, 4) is 0 Å². The van der Waals surface area contributed by atoms with Gasteiger partial charge in [-0.15, -0.1) is 0 Å². The van der Waals surface area contributed by atoms with Crippen molar-refractivity contribution in [3.05, 3.63) is 24.0 Å². The first-order valence-electron chi connectivity index (χ1n) is 13.3. The van der Waals surface area contributed by atoms with Crippen LogP contribution in [0.15, 0.2) is 18.2 Å². The second-order valence-electron chi connectivity index (χ2n) is 11.9. The molecule has 190 valence electrons. The molecule has 3 atom stereocenters. The number of benzene rings is 1. The van der Waals surface area contributed by atoms with E-state index in [2.05, 4.69) is 4.90 Å². The van der Waals surface area contributed by atoms with Gasteiger partial charge in [0.05, 0.1) is 22.9 Å². The van der Waals surface area contributed by atoms with Crippen LogP contribution < -0.4 is 9.80 Å². The molecule has 6 aliphatic rings. The third-order valence-electron chi connectivity index (χ3n) is 9.98. The van der Waals surface area contributed by atoms with Crippen LogP contribution in [0.5, 0.6) is 0 Å². The van der Waals surface area contributed by atoms with E-state index in [4.69, 9.17) is 0 Å². The highest BCUT2D eigenvalue weighted by atomic mass is 19.1. The molecule has 8 heteroatoms. The zero-order chi connectivity index (χ0) is 24.5. The summed E-state index contributed by atoms with van der Waals surface area (Å²) < 4.78 is 15.2. The molecular formula is C27H36FN3O4. The Morgan fingerprint density at radius 2 is 1.91 bits per heavy atom. The molecule has 0 aromatic heterocycles. The normalized spacial score (nSPS) is 38.0. The van der Waals surface area contributed by atoms with Gasteiger partial charge in [0.15, 0.2) is 0 Å². The van der Waals surface area contributed by atoms with Crippen LogP contribution in [0.25, 0.3) is 0 Å². The summed E-state index contributed by atoms with van der Waals surface area (Å²) in [6, 6.07) is 4.60. The highest BCUT2D eigenvalue weighted by Crippen LogP contribution is 2.59. The van der Waals surface area contributed by atoms with E-state index >= 15 is 4.39 Å². The molecule has 6 fully saturated rings. The smallest absolute Gasteiger partial charge is 0.411 e. The Bertz CT molecular complexity index is 1030. The average Bonchev–Trinajstić information content (AvgIpc) is 3.13. The Morgan fingerprint density at radius 3 is 2.57 bits per heavy atom. The first kappa shape index (κ1) is 23.1. The largest absolute Gasteiger partial charge is 0.465 e. The average molecular weight is 486 g/mol. The first-order chi connectivity index (χ1) is 16.7. The van der Waals surface area contributed by atoms with Crippen molar-refractivity contribution in [2.24, 2.45) is 23.2 Å². The number of carbonyl (C=O) groups is 2. The molecular weight excluding hydrogens is 449 g/mol. The molecule has 0 radical (unpaired) electrons. The second kappa shape index (κ2) is 8.08. The molecule has 2 amide bonds. The van der Waals surface area contributed by atoms with E-state index in [0.29, 0.717) is 42.2 Å². The summed E-state index contributed by atoms with van der Waals surface area (Å²) in [5, 5.41) is 20.1. The number of carbonyl (C=O) groups excluding carboxylic acids is 1. The van der Waals surface area contributed by atoms with Gasteiger partial charge in [-0.05, 0) is 94.2 Å². The van der Waals surface area contributed by atoms with Crippen molar-refractivity contribution in [1.29, 1.82) is 0 Å². The Kier molecular flexibility index (Phi) is 5.33. The predicted molar refractivity (Wildman–Crippen MR) is 130 cm³/mol. The maximum atomic E-state index is 15.2. The van der Waals surface area contributed by atoms with Crippen LogP contribution in [-0.4, -0.2) is 64.9 Å². The fraction of sp³-hybridized carbons (Fsp3) is 0.704. The van der Waals surface area contributed by atoms with Gasteiger partial charge in [0.1, 0.15) is 5.82 Å². The van der Waals surface area contributed by atoms with Crippen LogP contribution >= 0.6 is 0 Å². The van der Waals surface area contributed by atoms with Crippen molar-refractivity contribution < 1.29 is 24.2 Å². The van der Waals surface area contributed by atoms with Crippen LogP contribution in [0, 0.1) is 29.0 Å². The monoisotopic (exact) mass is 485 g/mol. The number of likely N-dealkylation sites (tertiary alicyclic amines) is 1. The predicted octanol–water partition coefficient (Wildman–Crippen LogP) is 4.09. The van der Waals surface area contributed by atoms with Gasteiger partial charge in [-0.1, -0.05) is 0 Å². The number of piperidine rings is 1. The summed E-state index contributed by atoms with van der Waals surface area (Å²) in [4.78, 5) is 30.8. The van der Waals surface area contributed by atoms with Gasteiger partial charge in [0.2, 0.25) is 5.91 Å². The van der Waals surface area contributed by atoms with Gasteiger partial charge < -0.3 is 20.0 Å². The molecule has 2 N–H and O–H groups in total. The molecule has 1 spiro atoms. The highest BCUT2D eigenvalue weighted by molar-refractivity contribution is 5.87. The maximum absolute atomic E-state index is 15.2. The lowest BCUT2D eigenvalue weighted by Crippen LogP contribution is -2.65. The van der Waals surface area contributed by atoms with Crippen LogP contribution in [-0.2, 0) is 4.79 Å². The van der Waals surface area contributed by atoms with Crippen molar-refractivity contribution >= 4 is 23.4 Å². The SMILES string of the molecule is CCN(C(=O)O)c1ccc(N2CCCC3(CCN(C45CC6CC(C4)C(O)C(C6)C5)C3=O)C2)c(F)c1. The van der Waals surface area contributed by atoms with E-state index in [0.717, 1.165) is 62.8 Å². The number of anilines is 2. The molecule has 35 heavy (non-hydrogen) atoms. The zero-order valence-corrected chi connectivity index (χ0v) is 20.5. The van der Waals surface area contributed by atoms with Crippen LogP contribution in [0.3, 0.4) is 0 Å². The highest BCUT2D eigenvalue weighted by Gasteiger charge is 2.62. The van der Waals surface area contributed by atoms with E-state index in [1.807, 2.05) is 4.90 Å². The van der Waals surface area contributed by atoms with Crippen molar-refractivity contribution in [1.82, 2.24) is 4.90 Å². The molecule has 1 aromatic carbocycles. The van der Waals surface area contributed by atoms with Crippen LogP contribution in [0.2, 0.25) is 0 Å². The van der Waals surface area contributed by atoms with Crippen molar-refractivity contribution in [2.75, 3.05) is 36.0 Å². The molecule has 2 saturated heterocycles. The number of rotatable bonds is 4. The molecule has 1 aromatic rings. The number of aliphatic hydroxyl groups is 1. The van der Waals surface area contributed by atoms with Gasteiger partial charge in [-0.3, -0.25) is 9.69 Å².